The first kappa shape index (κ1) is 10.5. The van der Waals surface area contributed by atoms with Crippen LogP contribution in [0.25, 0.3) is 0 Å². The maximum absolute atomic E-state index is 12.8. The van der Waals surface area contributed by atoms with Crippen molar-refractivity contribution in [2.75, 3.05) is 7.11 Å². The summed E-state index contributed by atoms with van der Waals surface area (Å²) in [7, 11) is 1.07. The van der Waals surface area contributed by atoms with Gasteiger partial charge in [-0.3, -0.25) is 0 Å². The van der Waals surface area contributed by atoms with Crippen molar-refractivity contribution in [3.63, 3.8) is 0 Å². The second kappa shape index (κ2) is 3.64. The van der Waals surface area contributed by atoms with E-state index in [1.165, 1.54) is 0 Å². The first-order valence-electron chi connectivity index (χ1n) is 3.06. The smallest absolute Gasteiger partial charge is 0.205 e. The standard InChI is InChI=1S/C7H3Cl2F3O/c1-13-7-3(9)2(8)4(10)5(11)6(7)12/h1H3. The minimum atomic E-state index is -1.70. The van der Waals surface area contributed by atoms with Crippen LogP contribution in [0.5, 0.6) is 5.75 Å². The molecule has 0 aliphatic carbocycles. The third kappa shape index (κ3) is 1.56. The van der Waals surface area contributed by atoms with Gasteiger partial charge in [-0.2, -0.15) is 4.39 Å². The Balaban J connectivity index is 3.56. The van der Waals surface area contributed by atoms with Crippen LogP contribution in [0, 0.1) is 17.5 Å². The quantitative estimate of drug-likeness (QED) is 0.531. The monoisotopic (exact) mass is 230 g/mol. The normalized spacial score (nSPS) is 10.3. The van der Waals surface area contributed by atoms with Crippen molar-refractivity contribution in [1.82, 2.24) is 0 Å². The number of halogens is 5. The molecule has 1 nitrogen and oxygen atoms in total. The first-order chi connectivity index (χ1) is 6.00. The van der Waals surface area contributed by atoms with Crippen molar-refractivity contribution < 1.29 is 17.9 Å². The third-order valence-corrected chi connectivity index (χ3v) is 2.19. The van der Waals surface area contributed by atoms with Crippen molar-refractivity contribution in [1.29, 1.82) is 0 Å². The zero-order valence-corrected chi connectivity index (χ0v) is 7.81. The minimum absolute atomic E-state index is 0.486. The summed E-state index contributed by atoms with van der Waals surface area (Å²) in [5, 5.41) is -1.18. The molecule has 0 atom stereocenters. The van der Waals surface area contributed by atoms with Crippen LogP contribution in [0.2, 0.25) is 10.0 Å². The van der Waals surface area contributed by atoms with Gasteiger partial charge in [0, 0.05) is 0 Å². The van der Waals surface area contributed by atoms with Crippen LogP contribution in [-0.2, 0) is 0 Å². The molecule has 0 unspecified atom stereocenters. The van der Waals surface area contributed by atoms with E-state index in [9.17, 15) is 13.2 Å². The van der Waals surface area contributed by atoms with Crippen LogP contribution < -0.4 is 4.74 Å². The van der Waals surface area contributed by atoms with Crippen molar-refractivity contribution >= 4 is 23.2 Å². The summed E-state index contributed by atoms with van der Waals surface area (Å²) < 4.78 is 42.5. The molecule has 13 heavy (non-hydrogen) atoms. The average Bonchev–Trinajstić information content (AvgIpc) is 2.13. The van der Waals surface area contributed by atoms with Crippen LogP contribution in [0.1, 0.15) is 0 Å². The molecule has 0 saturated carbocycles. The third-order valence-electron chi connectivity index (χ3n) is 1.37. The maximum atomic E-state index is 12.8. The molecule has 0 aliphatic rings. The van der Waals surface area contributed by atoms with Gasteiger partial charge in [0.2, 0.25) is 5.82 Å². The molecule has 72 valence electrons. The van der Waals surface area contributed by atoms with Crippen LogP contribution in [0.4, 0.5) is 13.2 Å². The molecule has 0 saturated heterocycles. The molecule has 1 rings (SSSR count). The van der Waals surface area contributed by atoms with E-state index in [4.69, 9.17) is 23.2 Å². The van der Waals surface area contributed by atoms with Gasteiger partial charge in [0.25, 0.3) is 0 Å². The Bertz CT molecular complexity index is 325. The van der Waals surface area contributed by atoms with E-state index in [0.717, 1.165) is 7.11 Å². The fourth-order valence-corrected chi connectivity index (χ4v) is 1.18. The van der Waals surface area contributed by atoms with Crippen LogP contribution in [-0.4, -0.2) is 7.11 Å². The lowest BCUT2D eigenvalue weighted by Crippen LogP contribution is -1.98. The average molecular weight is 231 g/mol. The van der Waals surface area contributed by atoms with E-state index in [1.54, 1.807) is 0 Å². The number of rotatable bonds is 1. The number of methoxy groups -OCH3 is 1. The van der Waals surface area contributed by atoms with Gasteiger partial charge in [-0.25, -0.2) is 8.78 Å². The summed E-state index contributed by atoms with van der Waals surface area (Å²) in [6.07, 6.45) is 0. The summed E-state index contributed by atoms with van der Waals surface area (Å²) in [6.45, 7) is 0. The van der Waals surface area contributed by atoms with Crippen molar-refractivity contribution in [2.45, 2.75) is 0 Å². The Labute approximate surface area is 82.0 Å². The molecule has 0 radical (unpaired) electrons. The van der Waals surface area contributed by atoms with Crippen molar-refractivity contribution in [3.8, 4) is 5.75 Å². The molecule has 0 aliphatic heterocycles. The molecule has 0 amide bonds. The molecular formula is C7H3Cl2F3O. The Morgan fingerprint density at radius 1 is 0.923 bits per heavy atom. The van der Waals surface area contributed by atoms with Crippen LogP contribution in [0.15, 0.2) is 0 Å². The second-order valence-corrected chi connectivity index (χ2v) is 2.86. The van der Waals surface area contributed by atoms with E-state index < -0.39 is 33.2 Å². The minimum Gasteiger partial charge on any atom is -0.492 e. The van der Waals surface area contributed by atoms with Gasteiger partial charge in [-0.1, -0.05) is 23.2 Å². The highest BCUT2D eigenvalue weighted by molar-refractivity contribution is 6.43. The van der Waals surface area contributed by atoms with Gasteiger partial charge in [-0.05, 0) is 0 Å². The Morgan fingerprint density at radius 3 is 1.92 bits per heavy atom. The highest BCUT2D eigenvalue weighted by Gasteiger charge is 2.23. The highest BCUT2D eigenvalue weighted by Crippen LogP contribution is 2.37. The van der Waals surface area contributed by atoms with Crippen molar-refractivity contribution in [2.24, 2.45) is 0 Å². The zero-order chi connectivity index (χ0) is 10.2. The predicted octanol–water partition coefficient (Wildman–Crippen LogP) is 3.42. The number of hydrogen-bond donors (Lipinski definition) is 0. The van der Waals surface area contributed by atoms with Gasteiger partial charge in [-0.15, -0.1) is 0 Å². The lowest BCUT2D eigenvalue weighted by Gasteiger charge is -2.07. The first-order valence-corrected chi connectivity index (χ1v) is 3.81. The Hall–Kier alpha value is -0.610. The lowest BCUT2D eigenvalue weighted by molar-refractivity contribution is 0.361. The fraction of sp³-hybridized carbons (Fsp3) is 0.143. The topological polar surface area (TPSA) is 9.23 Å². The molecular weight excluding hydrogens is 228 g/mol. The molecule has 0 fully saturated rings. The highest BCUT2D eigenvalue weighted by atomic mass is 35.5. The second-order valence-electron chi connectivity index (χ2n) is 2.10. The fourth-order valence-electron chi connectivity index (χ4n) is 0.764. The van der Waals surface area contributed by atoms with E-state index >= 15 is 0 Å². The summed E-state index contributed by atoms with van der Waals surface area (Å²) >= 11 is 10.6. The molecule has 1 aromatic rings. The summed E-state index contributed by atoms with van der Waals surface area (Å²) in [4.78, 5) is 0. The summed E-state index contributed by atoms with van der Waals surface area (Å²) in [5.41, 5.74) is 0. The number of benzene rings is 1. The summed E-state index contributed by atoms with van der Waals surface area (Å²) in [5.74, 6) is -5.32. The molecule has 0 spiro atoms. The Kier molecular flexibility index (Phi) is 2.93. The van der Waals surface area contributed by atoms with E-state index in [1.807, 2.05) is 0 Å². The van der Waals surface area contributed by atoms with Gasteiger partial charge >= 0.3 is 0 Å². The molecule has 0 bridgehead atoms. The van der Waals surface area contributed by atoms with Gasteiger partial charge in [0.15, 0.2) is 17.4 Å². The predicted molar refractivity (Wildman–Crippen MR) is 42.9 cm³/mol. The van der Waals surface area contributed by atoms with E-state index in [0.29, 0.717) is 0 Å². The van der Waals surface area contributed by atoms with E-state index in [-0.39, 0.29) is 0 Å². The van der Waals surface area contributed by atoms with Crippen LogP contribution in [0.3, 0.4) is 0 Å². The molecule has 0 aromatic heterocycles. The largest absolute Gasteiger partial charge is 0.492 e. The van der Waals surface area contributed by atoms with Gasteiger partial charge in [0.1, 0.15) is 10.0 Å². The van der Waals surface area contributed by atoms with Crippen molar-refractivity contribution in [3.05, 3.63) is 27.5 Å². The zero-order valence-electron chi connectivity index (χ0n) is 6.30. The molecule has 1 aromatic carbocycles. The van der Waals surface area contributed by atoms with Gasteiger partial charge < -0.3 is 4.74 Å². The number of hydrogen-bond acceptors (Lipinski definition) is 1. The van der Waals surface area contributed by atoms with Gasteiger partial charge in [0.05, 0.1) is 7.11 Å². The maximum Gasteiger partial charge on any atom is 0.205 e. The molecule has 6 heteroatoms. The van der Waals surface area contributed by atoms with E-state index in [2.05, 4.69) is 4.74 Å². The lowest BCUT2D eigenvalue weighted by atomic mass is 10.3. The molecule has 0 N–H and O–H groups in total. The SMILES string of the molecule is COc1c(F)c(F)c(F)c(Cl)c1Cl. The Morgan fingerprint density at radius 2 is 1.46 bits per heavy atom. The summed E-state index contributed by atoms with van der Waals surface area (Å²) in [6, 6.07) is 0. The number of ether oxygens (including phenoxy) is 1. The van der Waals surface area contributed by atoms with Crippen LogP contribution >= 0.6 is 23.2 Å². The molecule has 0 heterocycles.